The maximum absolute atomic E-state index is 11.7. The van der Waals surface area contributed by atoms with Crippen LogP contribution in [0.15, 0.2) is 29.4 Å². The smallest absolute Gasteiger partial charge is 0.264 e. The first-order chi connectivity index (χ1) is 5.08. The molecule has 0 aliphatic carbocycles. The summed E-state index contributed by atoms with van der Waals surface area (Å²) in [5.41, 5.74) is -4.22. The van der Waals surface area contributed by atoms with Gasteiger partial charge in [0.25, 0.3) is 0 Å². The molecule has 1 nitrogen and oxygen atoms in total. The molecule has 0 bridgehead atoms. The molecule has 60 valence electrons. The van der Waals surface area contributed by atoms with Crippen LogP contribution in [-0.2, 0) is 0 Å². The van der Waals surface area contributed by atoms with Gasteiger partial charge in [0.05, 0.1) is 0 Å². The van der Waals surface area contributed by atoms with Crippen molar-refractivity contribution in [3.63, 3.8) is 0 Å². The van der Waals surface area contributed by atoms with Crippen molar-refractivity contribution in [2.45, 2.75) is 10.4 Å². The van der Waals surface area contributed by atoms with Crippen LogP contribution in [0.2, 0.25) is 0 Å². The second kappa shape index (κ2) is 3.13. The van der Waals surface area contributed by atoms with Crippen LogP contribution in [-0.4, -0.2) is 10.5 Å². The Hall–Kier alpha value is -0.710. The lowest BCUT2D eigenvalue weighted by Gasteiger charge is -2.03. The second-order valence-corrected chi connectivity index (χ2v) is 2.87. The number of aromatic nitrogens is 1. The van der Waals surface area contributed by atoms with Gasteiger partial charge in [-0.25, -0.2) is 0 Å². The van der Waals surface area contributed by atoms with Gasteiger partial charge in [-0.3, -0.25) is 4.98 Å². The van der Waals surface area contributed by atoms with Gasteiger partial charge in [-0.05, 0) is 23.9 Å². The number of rotatable bonds is 1. The van der Waals surface area contributed by atoms with Crippen molar-refractivity contribution in [2.75, 3.05) is 0 Å². The van der Waals surface area contributed by atoms with Crippen LogP contribution in [0.5, 0.6) is 0 Å². The minimum atomic E-state index is -4.22. The largest absolute Gasteiger partial charge is 0.446 e. The van der Waals surface area contributed by atoms with E-state index >= 15 is 0 Å². The molecule has 1 rings (SSSR count). The predicted octanol–water partition coefficient (Wildman–Crippen LogP) is 2.69. The molecule has 0 aliphatic rings. The van der Waals surface area contributed by atoms with Gasteiger partial charge in [0.1, 0.15) is 0 Å². The fourth-order valence-electron chi connectivity index (χ4n) is 0.541. The first-order valence-electron chi connectivity index (χ1n) is 2.74. The SMILES string of the molecule is FC(F)(F)Sc1cccnc1. The summed E-state index contributed by atoms with van der Waals surface area (Å²) in [7, 11) is 0. The topological polar surface area (TPSA) is 12.9 Å². The minimum Gasteiger partial charge on any atom is -0.264 e. The van der Waals surface area contributed by atoms with Crippen molar-refractivity contribution < 1.29 is 13.2 Å². The fourth-order valence-corrected chi connectivity index (χ4v) is 1.07. The van der Waals surface area contributed by atoms with E-state index in [1.54, 1.807) is 0 Å². The molecule has 0 N–H and O–H groups in total. The molecule has 0 atom stereocenters. The van der Waals surface area contributed by atoms with Crippen molar-refractivity contribution in [3.05, 3.63) is 24.5 Å². The van der Waals surface area contributed by atoms with Gasteiger partial charge >= 0.3 is 5.51 Å². The monoisotopic (exact) mass is 179 g/mol. The molecule has 1 aromatic rings. The van der Waals surface area contributed by atoms with Crippen LogP contribution in [0.3, 0.4) is 0 Å². The predicted molar refractivity (Wildman–Crippen MR) is 36.1 cm³/mol. The van der Waals surface area contributed by atoms with Gasteiger partial charge in [-0.15, -0.1) is 0 Å². The standard InChI is InChI=1S/C6H4F3NS/c7-6(8,9)11-5-2-1-3-10-4-5/h1-4H. The molecule has 5 heteroatoms. The number of thioether (sulfide) groups is 1. The molecular formula is C6H4F3NS. The Bertz CT molecular complexity index is 221. The Kier molecular flexibility index (Phi) is 2.38. The number of hydrogen-bond acceptors (Lipinski definition) is 2. The zero-order valence-corrected chi connectivity index (χ0v) is 6.12. The maximum atomic E-state index is 11.7. The molecular weight excluding hydrogens is 175 g/mol. The van der Waals surface area contributed by atoms with Crippen molar-refractivity contribution in [1.82, 2.24) is 4.98 Å². The summed E-state index contributed by atoms with van der Waals surface area (Å²) in [6, 6.07) is 2.83. The van der Waals surface area contributed by atoms with Crippen LogP contribution in [0.25, 0.3) is 0 Å². The molecule has 0 aliphatic heterocycles. The Labute approximate surface area is 65.6 Å². The highest BCUT2D eigenvalue weighted by atomic mass is 32.2. The quantitative estimate of drug-likeness (QED) is 0.615. The van der Waals surface area contributed by atoms with Crippen molar-refractivity contribution >= 4 is 11.8 Å². The average molecular weight is 179 g/mol. The Morgan fingerprint density at radius 2 is 2.09 bits per heavy atom. The number of alkyl halides is 3. The molecule has 0 radical (unpaired) electrons. The minimum absolute atomic E-state index is 0.111. The summed E-state index contributed by atoms with van der Waals surface area (Å²) in [5.74, 6) is 0. The van der Waals surface area contributed by atoms with Crippen LogP contribution < -0.4 is 0 Å². The van der Waals surface area contributed by atoms with E-state index in [-0.39, 0.29) is 16.7 Å². The third-order valence-electron chi connectivity index (χ3n) is 0.868. The molecule has 0 aromatic carbocycles. The molecule has 1 heterocycles. The van der Waals surface area contributed by atoms with E-state index < -0.39 is 5.51 Å². The Balaban J connectivity index is 2.66. The summed E-state index contributed by atoms with van der Waals surface area (Å²) in [4.78, 5) is 3.66. The molecule has 0 saturated carbocycles. The maximum Gasteiger partial charge on any atom is 0.446 e. The first kappa shape index (κ1) is 8.39. The van der Waals surface area contributed by atoms with E-state index in [0.29, 0.717) is 0 Å². The summed E-state index contributed by atoms with van der Waals surface area (Å²) in [6.45, 7) is 0. The lowest BCUT2D eigenvalue weighted by molar-refractivity contribution is -0.0328. The van der Waals surface area contributed by atoms with E-state index in [9.17, 15) is 13.2 Å². The highest BCUT2D eigenvalue weighted by Crippen LogP contribution is 2.35. The number of pyridine rings is 1. The molecule has 0 amide bonds. The second-order valence-electron chi connectivity index (χ2n) is 1.74. The number of nitrogens with zero attached hydrogens (tertiary/aromatic N) is 1. The van der Waals surface area contributed by atoms with Gasteiger partial charge in [-0.2, -0.15) is 13.2 Å². The van der Waals surface area contributed by atoms with Crippen molar-refractivity contribution in [2.24, 2.45) is 0 Å². The van der Waals surface area contributed by atoms with Crippen LogP contribution >= 0.6 is 11.8 Å². The van der Waals surface area contributed by atoms with Crippen LogP contribution in [0.4, 0.5) is 13.2 Å². The highest BCUT2D eigenvalue weighted by molar-refractivity contribution is 8.00. The Morgan fingerprint density at radius 3 is 2.55 bits per heavy atom. The van der Waals surface area contributed by atoms with Crippen molar-refractivity contribution in [1.29, 1.82) is 0 Å². The zero-order chi connectivity index (χ0) is 8.32. The molecule has 0 unspecified atom stereocenters. The third kappa shape index (κ3) is 3.27. The Morgan fingerprint density at radius 1 is 1.36 bits per heavy atom. The highest BCUT2D eigenvalue weighted by Gasteiger charge is 2.28. The first-order valence-corrected chi connectivity index (χ1v) is 3.55. The number of hydrogen-bond donors (Lipinski definition) is 0. The zero-order valence-electron chi connectivity index (χ0n) is 5.30. The molecule has 0 spiro atoms. The van der Waals surface area contributed by atoms with Crippen LogP contribution in [0, 0.1) is 0 Å². The summed E-state index contributed by atoms with van der Waals surface area (Å²) in [6.07, 6.45) is 2.61. The van der Waals surface area contributed by atoms with Gasteiger partial charge in [0.2, 0.25) is 0 Å². The van der Waals surface area contributed by atoms with Gasteiger partial charge in [0, 0.05) is 17.3 Å². The summed E-state index contributed by atoms with van der Waals surface area (Å²) in [5, 5.41) is 0. The molecule has 1 aromatic heterocycles. The molecule has 0 fully saturated rings. The lowest BCUT2D eigenvalue weighted by atomic mass is 10.5. The van der Waals surface area contributed by atoms with E-state index in [0.717, 1.165) is 0 Å². The average Bonchev–Trinajstić information content (AvgIpc) is 1.85. The van der Waals surface area contributed by atoms with E-state index in [1.165, 1.54) is 24.5 Å². The normalized spacial score (nSPS) is 11.5. The lowest BCUT2D eigenvalue weighted by Crippen LogP contribution is -1.98. The molecule has 0 saturated heterocycles. The van der Waals surface area contributed by atoms with Crippen molar-refractivity contribution in [3.8, 4) is 0 Å². The van der Waals surface area contributed by atoms with Gasteiger partial charge in [-0.1, -0.05) is 0 Å². The summed E-state index contributed by atoms with van der Waals surface area (Å²) < 4.78 is 35.0. The van der Waals surface area contributed by atoms with E-state index in [1.807, 2.05) is 0 Å². The third-order valence-corrected chi connectivity index (χ3v) is 1.58. The van der Waals surface area contributed by atoms with Crippen LogP contribution in [0.1, 0.15) is 0 Å². The van der Waals surface area contributed by atoms with Gasteiger partial charge < -0.3 is 0 Å². The molecule has 11 heavy (non-hydrogen) atoms. The van der Waals surface area contributed by atoms with E-state index in [4.69, 9.17) is 0 Å². The fraction of sp³-hybridized carbons (Fsp3) is 0.167. The summed E-state index contributed by atoms with van der Waals surface area (Å²) >= 11 is -0.162. The van der Waals surface area contributed by atoms with E-state index in [2.05, 4.69) is 4.98 Å². The number of halogens is 3. The van der Waals surface area contributed by atoms with Gasteiger partial charge in [0.15, 0.2) is 0 Å².